The first kappa shape index (κ1) is 22.9. The first-order valence-corrected chi connectivity index (χ1v) is 14.3. The second kappa shape index (κ2) is 11.0. The number of rotatable bonds is 7. The van der Waals surface area contributed by atoms with Gasteiger partial charge in [0.25, 0.3) is 0 Å². The van der Waals surface area contributed by atoms with Crippen LogP contribution in [0.2, 0.25) is 18.1 Å². The van der Waals surface area contributed by atoms with Gasteiger partial charge in [-0.25, -0.2) is 13.2 Å². The van der Waals surface area contributed by atoms with Crippen LogP contribution in [-0.2, 0) is 6.42 Å². The summed E-state index contributed by atoms with van der Waals surface area (Å²) in [5, 5.41) is 0. The summed E-state index contributed by atoms with van der Waals surface area (Å²) in [7, 11) is -0.394. The predicted octanol–water partition coefficient (Wildman–Crippen LogP) is 8.26. The van der Waals surface area contributed by atoms with E-state index in [0.29, 0.717) is 23.4 Å². The minimum Gasteiger partial charge on any atom is -0.206 e. The maximum absolute atomic E-state index is 14.1. The van der Waals surface area contributed by atoms with Gasteiger partial charge >= 0.3 is 0 Å². The fraction of sp³-hybridized carbons (Fsp3) is 0.667. The minimum atomic E-state index is -1.07. The van der Waals surface area contributed by atoms with Crippen molar-refractivity contribution in [3.63, 3.8) is 0 Å². The zero-order chi connectivity index (χ0) is 20.8. The molecule has 1 aliphatic carbocycles. The van der Waals surface area contributed by atoms with Crippen LogP contribution in [0.4, 0.5) is 13.2 Å². The molecule has 0 unspecified atom stereocenters. The number of hydrogen-bond donors (Lipinski definition) is 0. The molecule has 1 saturated carbocycles. The van der Waals surface area contributed by atoms with E-state index in [1.165, 1.54) is 63.1 Å². The van der Waals surface area contributed by atoms with Crippen LogP contribution in [0.3, 0.4) is 0 Å². The van der Waals surface area contributed by atoms with Gasteiger partial charge in [0.05, 0.1) is 5.56 Å². The van der Waals surface area contributed by atoms with Crippen molar-refractivity contribution in [3.05, 3.63) is 40.4 Å². The van der Waals surface area contributed by atoms with E-state index in [2.05, 4.69) is 6.92 Å². The summed E-state index contributed by atoms with van der Waals surface area (Å²) in [6.07, 6.45) is 11.0. The van der Waals surface area contributed by atoms with E-state index >= 15 is 0 Å². The summed E-state index contributed by atoms with van der Waals surface area (Å²) in [6.45, 7) is 2.33. The lowest BCUT2D eigenvalue weighted by Crippen LogP contribution is -2.28. The van der Waals surface area contributed by atoms with E-state index in [0.717, 1.165) is 18.3 Å². The standard InChI is InChI=1S/C24H34ClF3Si/c1-2-11-29-12-9-20(10-13-29)19-7-5-17(6-8-19)3-4-18-14-21(26)24(22(27)15-18)23(28)16-25/h14-17,19-20,29H,2-13H2,1H3/t17-,19-,20-,29-. The molecule has 162 valence electrons. The van der Waals surface area contributed by atoms with Gasteiger partial charge in [-0.15, -0.1) is 0 Å². The highest BCUT2D eigenvalue weighted by Crippen LogP contribution is 2.42. The molecule has 1 saturated heterocycles. The lowest BCUT2D eigenvalue weighted by atomic mass is 9.73. The van der Waals surface area contributed by atoms with Crippen LogP contribution in [0.5, 0.6) is 0 Å². The Bertz CT molecular complexity index is 666. The highest BCUT2D eigenvalue weighted by atomic mass is 35.5. The van der Waals surface area contributed by atoms with Crippen molar-refractivity contribution in [2.45, 2.75) is 82.8 Å². The molecular formula is C24H34ClF3Si. The Morgan fingerprint density at radius 1 is 1.03 bits per heavy atom. The number of hydrogen-bond acceptors (Lipinski definition) is 0. The van der Waals surface area contributed by atoms with Gasteiger partial charge in [0.1, 0.15) is 17.5 Å². The smallest absolute Gasteiger partial charge is 0.147 e. The van der Waals surface area contributed by atoms with Crippen LogP contribution in [0.1, 0.15) is 69.4 Å². The third-order valence-electron chi connectivity index (χ3n) is 7.42. The van der Waals surface area contributed by atoms with Crippen molar-refractivity contribution in [3.8, 4) is 0 Å². The Kier molecular flexibility index (Phi) is 8.73. The van der Waals surface area contributed by atoms with Crippen molar-refractivity contribution in [1.82, 2.24) is 0 Å². The molecule has 0 nitrogen and oxygen atoms in total. The fourth-order valence-electron chi connectivity index (χ4n) is 5.73. The van der Waals surface area contributed by atoms with Gasteiger partial charge in [0.2, 0.25) is 0 Å². The molecule has 0 aromatic heterocycles. The summed E-state index contributed by atoms with van der Waals surface area (Å²) < 4.78 is 41.6. The largest absolute Gasteiger partial charge is 0.206 e. The van der Waals surface area contributed by atoms with Crippen LogP contribution in [0.15, 0.2) is 17.7 Å². The molecule has 1 heterocycles. The molecule has 1 aromatic rings. The average Bonchev–Trinajstić information content (AvgIpc) is 2.73. The zero-order valence-corrected chi connectivity index (χ0v) is 19.4. The van der Waals surface area contributed by atoms with Gasteiger partial charge in [-0.1, -0.05) is 68.8 Å². The van der Waals surface area contributed by atoms with Crippen LogP contribution < -0.4 is 0 Å². The third kappa shape index (κ3) is 6.13. The van der Waals surface area contributed by atoms with E-state index in [1.54, 1.807) is 12.1 Å². The summed E-state index contributed by atoms with van der Waals surface area (Å²) in [5.41, 5.74) is 0.506. The SMILES string of the molecule is CCC[Si@H]1CC[C@H]([C@H]2CC[C@H](CCc3cc(F)c(C(F)=CCl)c(F)c3)CC2)CC1. The lowest BCUT2D eigenvalue weighted by molar-refractivity contribution is 0.186. The summed E-state index contributed by atoms with van der Waals surface area (Å²) in [6, 6.07) is 7.16. The van der Waals surface area contributed by atoms with Gasteiger partial charge in [-0.2, -0.15) is 0 Å². The molecule has 2 fully saturated rings. The van der Waals surface area contributed by atoms with E-state index < -0.39 is 31.8 Å². The van der Waals surface area contributed by atoms with Crippen molar-refractivity contribution >= 4 is 26.2 Å². The molecule has 0 spiro atoms. The molecule has 0 radical (unpaired) electrons. The van der Waals surface area contributed by atoms with Crippen molar-refractivity contribution in [2.75, 3.05) is 0 Å². The highest BCUT2D eigenvalue weighted by Gasteiger charge is 2.31. The molecule has 29 heavy (non-hydrogen) atoms. The fourth-order valence-corrected chi connectivity index (χ4v) is 9.32. The summed E-state index contributed by atoms with van der Waals surface area (Å²) in [5.74, 6) is -0.319. The van der Waals surface area contributed by atoms with E-state index in [4.69, 9.17) is 11.6 Å². The Balaban J connectivity index is 1.45. The maximum Gasteiger partial charge on any atom is 0.147 e. The predicted molar refractivity (Wildman–Crippen MR) is 120 cm³/mol. The topological polar surface area (TPSA) is 0 Å². The van der Waals surface area contributed by atoms with Gasteiger partial charge in [0.15, 0.2) is 0 Å². The van der Waals surface area contributed by atoms with E-state index in [9.17, 15) is 13.2 Å². The number of aryl methyl sites for hydroxylation is 1. The lowest BCUT2D eigenvalue weighted by Gasteiger charge is -2.37. The number of halogens is 4. The highest BCUT2D eigenvalue weighted by molar-refractivity contribution is 6.58. The average molecular weight is 443 g/mol. The van der Waals surface area contributed by atoms with Crippen molar-refractivity contribution in [1.29, 1.82) is 0 Å². The van der Waals surface area contributed by atoms with Crippen molar-refractivity contribution < 1.29 is 13.2 Å². The van der Waals surface area contributed by atoms with Crippen LogP contribution in [0, 0.1) is 29.4 Å². The maximum atomic E-state index is 14.1. The first-order valence-electron chi connectivity index (χ1n) is 11.5. The molecule has 0 N–H and O–H groups in total. The third-order valence-corrected chi connectivity index (χ3v) is 11.3. The van der Waals surface area contributed by atoms with Gasteiger partial charge < -0.3 is 0 Å². The molecule has 0 amide bonds. The van der Waals surface area contributed by atoms with Crippen LogP contribution in [-0.4, -0.2) is 8.80 Å². The first-order chi connectivity index (χ1) is 14.0. The quantitative estimate of drug-likeness (QED) is 0.373. The Morgan fingerprint density at radius 2 is 1.62 bits per heavy atom. The van der Waals surface area contributed by atoms with E-state index in [1.807, 2.05) is 0 Å². The molecule has 1 aromatic carbocycles. The Labute approximate surface area is 180 Å². The zero-order valence-electron chi connectivity index (χ0n) is 17.5. The van der Waals surface area contributed by atoms with Gasteiger partial charge in [-0.3, -0.25) is 0 Å². The molecule has 1 aliphatic heterocycles. The minimum absolute atomic E-state index is 0.394. The summed E-state index contributed by atoms with van der Waals surface area (Å²) >= 11 is 5.25. The number of benzene rings is 1. The normalized spacial score (nSPS) is 28.5. The second-order valence-corrected chi connectivity index (χ2v) is 13.0. The second-order valence-electron chi connectivity index (χ2n) is 9.28. The van der Waals surface area contributed by atoms with Crippen LogP contribution in [0.25, 0.3) is 5.83 Å². The van der Waals surface area contributed by atoms with Gasteiger partial charge in [0, 0.05) is 14.3 Å². The molecule has 0 bridgehead atoms. The van der Waals surface area contributed by atoms with Crippen LogP contribution >= 0.6 is 11.6 Å². The van der Waals surface area contributed by atoms with E-state index in [-0.39, 0.29) is 0 Å². The summed E-state index contributed by atoms with van der Waals surface area (Å²) in [4.78, 5) is 0. The molecule has 2 aliphatic rings. The molecule has 0 atom stereocenters. The Hall–Kier alpha value is -0.743. The molecular weight excluding hydrogens is 409 g/mol. The monoisotopic (exact) mass is 442 g/mol. The van der Waals surface area contributed by atoms with Crippen molar-refractivity contribution in [2.24, 2.45) is 17.8 Å². The Morgan fingerprint density at radius 3 is 2.17 bits per heavy atom. The molecule has 5 heteroatoms. The molecule has 3 rings (SSSR count). The van der Waals surface area contributed by atoms with Gasteiger partial charge in [-0.05, 0) is 61.1 Å².